The lowest BCUT2D eigenvalue weighted by Gasteiger charge is -2.12. The summed E-state index contributed by atoms with van der Waals surface area (Å²) in [7, 11) is 3.36. The summed E-state index contributed by atoms with van der Waals surface area (Å²) >= 11 is 1.26. The lowest BCUT2D eigenvalue weighted by molar-refractivity contribution is -0.123. The van der Waals surface area contributed by atoms with Crippen molar-refractivity contribution in [1.82, 2.24) is 20.1 Å². The lowest BCUT2D eigenvalue weighted by atomic mass is 10.1. The summed E-state index contributed by atoms with van der Waals surface area (Å²) in [6, 6.07) is 13.0. The molecular weight excluding hydrogens is 442 g/mol. The molecule has 0 radical (unpaired) electrons. The molecule has 0 saturated heterocycles. The molecular formula is C23H27N5O4S. The van der Waals surface area contributed by atoms with Gasteiger partial charge in [-0.15, -0.1) is 10.2 Å². The van der Waals surface area contributed by atoms with E-state index < -0.39 is 0 Å². The smallest absolute Gasteiger partial charge is 0.258 e. The Labute approximate surface area is 196 Å². The number of anilines is 1. The molecule has 2 N–H and O–H groups in total. The van der Waals surface area contributed by atoms with Crippen molar-refractivity contribution in [2.45, 2.75) is 25.5 Å². The fourth-order valence-corrected chi connectivity index (χ4v) is 3.78. The van der Waals surface area contributed by atoms with Crippen molar-refractivity contribution in [3.63, 3.8) is 0 Å². The average molecular weight is 470 g/mol. The molecule has 3 aromatic rings. The Morgan fingerprint density at radius 1 is 1.06 bits per heavy atom. The fourth-order valence-electron chi connectivity index (χ4n) is 3.05. The summed E-state index contributed by atoms with van der Waals surface area (Å²) in [4.78, 5) is 24.5. The number of para-hydroxylation sites is 1. The number of aryl methyl sites for hydroxylation is 2. The van der Waals surface area contributed by atoms with E-state index in [1.54, 1.807) is 43.0 Å². The second kappa shape index (κ2) is 11.4. The third-order valence-corrected chi connectivity index (χ3v) is 5.83. The van der Waals surface area contributed by atoms with Crippen molar-refractivity contribution in [2.24, 2.45) is 7.05 Å². The lowest BCUT2D eigenvalue weighted by Crippen LogP contribution is -2.29. The number of hydrogen-bond acceptors (Lipinski definition) is 7. The van der Waals surface area contributed by atoms with Gasteiger partial charge in [0.05, 0.1) is 19.4 Å². The first-order chi connectivity index (χ1) is 15.9. The van der Waals surface area contributed by atoms with Crippen LogP contribution in [0.3, 0.4) is 0 Å². The fraction of sp³-hybridized carbons (Fsp3) is 0.304. The number of aromatic nitrogens is 3. The number of nitrogens with zero attached hydrogens (tertiary/aromatic N) is 3. The van der Waals surface area contributed by atoms with Gasteiger partial charge in [0, 0.05) is 18.8 Å². The van der Waals surface area contributed by atoms with Crippen LogP contribution >= 0.6 is 11.8 Å². The first-order valence-corrected chi connectivity index (χ1v) is 11.3. The predicted octanol–water partition coefficient (Wildman–Crippen LogP) is 2.87. The molecule has 0 aliphatic rings. The Bertz CT molecular complexity index is 1110. The van der Waals surface area contributed by atoms with E-state index in [2.05, 4.69) is 20.8 Å². The summed E-state index contributed by atoms with van der Waals surface area (Å²) in [6.45, 7) is 4.00. The summed E-state index contributed by atoms with van der Waals surface area (Å²) in [5.74, 6) is 1.70. The van der Waals surface area contributed by atoms with Crippen LogP contribution in [-0.2, 0) is 23.2 Å². The first kappa shape index (κ1) is 24.1. The molecule has 9 nitrogen and oxygen atoms in total. The normalized spacial score (nSPS) is 10.5. The zero-order valence-corrected chi connectivity index (χ0v) is 19.9. The molecule has 3 rings (SSSR count). The minimum Gasteiger partial charge on any atom is -0.497 e. The number of ether oxygens (including phenoxy) is 2. The summed E-state index contributed by atoms with van der Waals surface area (Å²) < 4.78 is 12.6. The Hall–Kier alpha value is -3.53. The molecule has 1 heterocycles. The minimum absolute atomic E-state index is 0.0877. The molecule has 0 aliphatic heterocycles. The van der Waals surface area contributed by atoms with Gasteiger partial charge in [0.15, 0.2) is 17.6 Å². The highest BCUT2D eigenvalue weighted by Crippen LogP contribution is 2.22. The van der Waals surface area contributed by atoms with E-state index in [0.717, 1.165) is 16.9 Å². The van der Waals surface area contributed by atoms with Crippen molar-refractivity contribution < 1.29 is 19.1 Å². The largest absolute Gasteiger partial charge is 0.497 e. The molecule has 2 aromatic carbocycles. The third kappa shape index (κ3) is 6.72. The van der Waals surface area contributed by atoms with Gasteiger partial charge in [0.1, 0.15) is 11.5 Å². The van der Waals surface area contributed by atoms with Gasteiger partial charge >= 0.3 is 0 Å². The number of carbonyl (C=O) groups is 2. The number of rotatable bonds is 10. The summed E-state index contributed by atoms with van der Waals surface area (Å²) in [5, 5.41) is 14.4. The van der Waals surface area contributed by atoms with Gasteiger partial charge in [-0.1, -0.05) is 36.0 Å². The Kier molecular flexibility index (Phi) is 8.31. The molecule has 0 fully saturated rings. The third-order valence-electron chi connectivity index (χ3n) is 4.81. The Morgan fingerprint density at radius 3 is 2.52 bits per heavy atom. The molecule has 0 spiro atoms. The van der Waals surface area contributed by atoms with E-state index >= 15 is 0 Å². The minimum atomic E-state index is -0.257. The predicted molar refractivity (Wildman–Crippen MR) is 127 cm³/mol. The van der Waals surface area contributed by atoms with Gasteiger partial charge in [-0.05, 0) is 37.1 Å². The maximum atomic E-state index is 12.3. The SMILES string of the molecule is COc1cccc(NC(=O)CSc2nnc(CNC(=O)COc3c(C)cccc3C)n2C)c1. The van der Waals surface area contributed by atoms with E-state index in [1.807, 2.05) is 32.0 Å². The van der Waals surface area contributed by atoms with E-state index in [0.29, 0.717) is 22.4 Å². The van der Waals surface area contributed by atoms with Crippen molar-refractivity contribution in [1.29, 1.82) is 0 Å². The van der Waals surface area contributed by atoms with Gasteiger partial charge < -0.3 is 24.7 Å². The highest BCUT2D eigenvalue weighted by molar-refractivity contribution is 7.99. The number of nitrogens with one attached hydrogen (secondary N) is 2. The van der Waals surface area contributed by atoms with Crippen LogP contribution in [0, 0.1) is 13.8 Å². The number of methoxy groups -OCH3 is 1. The highest BCUT2D eigenvalue weighted by atomic mass is 32.2. The summed E-state index contributed by atoms with van der Waals surface area (Å²) in [6.07, 6.45) is 0. The van der Waals surface area contributed by atoms with E-state index in [-0.39, 0.29) is 30.7 Å². The second-order valence-electron chi connectivity index (χ2n) is 7.31. The van der Waals surface area contributed by atoms with Crippen molar-refractivity contribution in [3.8, 4) is 11.5 Å². The van der Waals surface area contributed by atoms with Gasteiger partial charge in [0.2, 0.25) is 5.91 Å². The molecule has 10 heteroatoms. The maximum Gasteiger partial charge on any atom is 0.258 e. The monoisotopic (exact) mass is 469 g/mol. The van der Waals surface area contributed by atoms with Crippen LogP contribution in [0.15, 0.2) is 47.6 Å². The van der Waals surface area contributed by atoms with Gasteiger partial charge in [-0.25, -0.2) is 0 Å². The van der Waals surface area contributed by atoms with Crippen LogP contribution in [0.25, 0.3) is 0 Å². The summed E-state index contributed by atoms with van der Waals surface area (Å²) in [5.41, 5.74) is 2.62. The molecule has 0 atom stereocenters. The second-order valence-corrected chi connectivity index (χ2v) is 8.26. The van der Waals surface area contributed by atoms with Crippen LogP contribution in [0.5, 0.6) is 11.5 Å². The first-order valence-electron chi connectivity index (χ1n) is 10.3. The standard InChI is InChI=1S/C23H27N5O4S/c1-15-7-5-8-16(2)22(15)32-13-20(29)24-12-19-26-27-23(28(19)3)33-14-21(30)25-17-9-6-10-18(11-17)31-4/h5-11H,12-14H2,1-4H3,(H,24,29)(H,25,30). The molecule has 0 saturated carbocycles. The Morgan fingerprint density at radius 2 is 1.79 bits per heavy atom. The van der Waals surface area contributed by atoms with Crippen LogP contribution < -0.4 is 20.1 Å². The van der Waals surface area contributed by atoms with E-state index in [4.69, 9.17) is 9.47 Å². The number of thioether (sulfide) groups is 1. The average Bonchev–Trinajstić information content (AvgIpc) is 3.15. The van der Waals surface area contributed by atoms with Crippen molar-refractivity contribution >= 4 is 29.3 Å². The van der Waals surface area contributed by atoms with Crippen molar-refractivity contribution in [3.05, 3.63) is 59.4 Å². The molecule has 174 valence electrons. The molecule has 33 heavy (non-hydrogen) atoms. The topological polar surface area (TPSA) is 107 Å². The Balaban J connectivity index is 1.46. The molecule has 0 aliphatic carbocycles. The molecule has 2 amide bonds. The van der Waals surface area contributed by atoms with Crippen LogP contribution in [-0.4, -0.2) is 46.0 Å². The van der Waals surface area contributed by atoms with E-state index in [1.165, 1.54) is 11.8 Å². The zero-order valence-electron chi connectivity index (χ0n) is 19.0. The van der Waals surface area contributed by atoms with Crippen LogP contribution in [0.4, 0.5) is 5.69 Å². The number of hydrogen-bond donors (Lipinski definition) is 2. The molecule has 0 unspecified atom stereocenters. The van der Waals surface area contributed by atoms with Crippen LogP contribution in [0.1, 0.15) is 17.0 Å². The van der Waals surface area contributed by atoms with Gasteiger partial charge in [-0.2, -0.15) is 0 Å². The highest BCUT2D eigenvalue weighted by Gasteiger charge is 2.13. The van der Waals surface area contributed by atoms with Crippen molar-refractivity contribution in [2.75, 3.05) is 24.8 Å². The van der Waals surface area contributed by atoms with Gasteiger partial charge in [-0.3, -0.25) is 9.59 Å². The van der Waals surface area contributed by atoms with Gasteiger partial charge in [0.25, 0.3) is 5.91 Å². The molecule has 0 bridgehead atoms. The molecule has 1 aromatic heterocycles. The number of carbonyl (C=O) groups excluding carboxylic acids is 2. The number of benzene rings is 2. The maximum absolute atomic E-state index is 12.3. The van der Waals surface area contributed by atoms with Crippen LogP contribution in [0.2, 0.25) is 0 Å². The quantitative estimate of drug-likeness (QED) is 0.440. The zero-order chi connectivity index (χ0) is 23.8. The number of amides is 2. The van der Waals surface area contributed by atoms with E-state index in [9.17, 15) is 9.59 Å².